The fourth-order valence-corrected chi connectivity index (χ4v) is 2.50. The van der Waals surface area contributed by atoms with E-state index in [0.717, 1.165) is 44.8 Å². The lowest BCUT2D eigenvalue weighted by molar-refractivity contribution is -0.125. The monoisotopic (exact) mass is 292 g/mol. The van der Waals surface area contributed by atoms with E-state index < -0.39 is 0 Å². The van der Waals surface area contributed by atoms with Crippen LogP contribution in [0.25, 0.3) is 0 Å². The second kappa shape index (κ2) is 8.56. The maximum absolute atomic E-state index is 12.1. The predicted octanol–water partition coefficient (Wildman–Crippen LogP) is 1.24. The molecule has 2 rings (SSSR count). The molecule has 6 heteroatoms. The summed E-state index contributed by atoms with van der Waals surface area (Å²) in [6.45, 7) is 5.83. The number of amides is 1. The van der Waals surface area contributed by atoms with Gasteiger partial charge in [0.25, 0.3) is 0 Å². The Kier molecular flexibility index (Phi) is 6.40. The number of ether oxygens (including phenoxy) is 1. The minimum absolute atomic E-state index is 0.116. The number of carbonyl (C=O) groups is 1. The van der Waals surface area contributed by atoms with Gasteiger partial charge in [0, 0.05) is 51.2 Å². The Hall–Kier alpha value is -1.69. The zero-order valence-electron chi connectivity index (χ0n) is 12.6. The van der Waals surface area contributed by atoms with Gasteiger partial charge in [-0.15, -0.1) is 0 Å². The third kappa shape index (κ3) is 4.97. The van der Waals surface area contributed by atoms with E-state index in [1.807, 2.05) is 6.92 Å². The van der Waals surface area contributed by atoms with Crippen molar-refractivity contribution >= 4 is 11.7 Å². The van der Waals surface area contributed by atoms with Crippen LogP contribution in [0.3, 0.4) is 0 Å². The average molecular weight is 292 g/mol. The number of aromatic nitrogens is 2. The van der Waals surface area contributed by atoms with Crippen LogP contribution < -0.4 is 10.2 Å². The Morgan fingerprint density at radius 1 is 1.43 bits per heavy atom. The standard InChI is InChI=1S/C15H24N4O2/c1-2-21-11-3-6-18-15(20)13-4-9-19(10-5-13)14-12-16-7-8-17-14/h7-8,12-13H,2-6,9-11H2,1H3,(H,18,20). The van der Waals surface area contributed by atoms with E-state index in [1.54, 1.807) is 18.6 Å². The SMILES string of the molecule is CCOCCCNC(=O)C1CCN(c2cnccn2)CC1. The van der Waals surface area contributed by atoms with Gasteiger partial charge in [-0.05, 0) is 26.2 Å². The van der Waals surface area contributed by atoms with E-state index in [4.69, 9.17) is 4.74 Å². The van der Waals surface area contributed by atoms with E-state index in [-0.39, 0.29) is 11.8 Å². The summed E-state index contributed by atoms with van der Waals surface area (Å²) in [5, 5.41) is 3.00. The Labute approximate surface area is 125 Å². The highest BCUT2D eigenvalue weighted by molar-refractivity contribution is 5.78. The Morgan fingerprint density at radius 2 is 2.24 bits per heavy atom. The largest absolute Gasteiger partial charge is 0.382 e. The molecule has 0 unspecified atom stereocenters. The molecule has 0 bridgehead atoms. The molecule has 0 aromatic carbocycles. The first kappa shape index (κ1) is 15.7. The summed E-state index contributed by atoms with van der Waals surface area (Å²) in [6.07, 6.45) is 7.76. The van der Waals surface area contributed by atoms with Gasteiger partial charge in [-0.25, -0.2) is 4.98 Å². The third-order valence-electron chi connectivity index (χ3n) is 3.71. The molecule has 116 valence electrons. The zero-order valence-corrected chi connectivity index (χ0v) is 12.6. The van der Waals surface area contributed by atoms with Gasteiger partial charge in [-0.2, -0.15) is 0 Å². The van der Waals surface area contributed by atoms with Crippen molar-refractivity contribution in [1.82, 2.24) is 15.3 Å². The van der Waals surface area contributed by atoms with Crippen molar-refractivity contribution in [3.05, 3.63) is 18.6 Å². The Morgan fingerprint density at radius 3 is 2.90 bits per heavy atom. The van der Waals surface area contributed by atoms with Crippen molar-refractivity contribution in [2.75, 3.05) is 37.7 Å². The molecule has 0 radical (unpaired) electrons. The number of hydrogen-bond acceptors (Lipinski definition) is 5. The number of rotatable bonds is 7. The van der Waals surface area contributed by atoms with Gasteiger partial charge in [0.05, 0.1) is 6.20 Å². The molecular weight excluding hydrogens is 268 g/mol. The first-order valence-electron chi connectivity index (χ1n) is 7.67. The van der Waals surface area contributed by atoms with E-state index in [2.05, 4.69) is 20.2 Å². The number of nitrogens with one attached hydrogen (secondary N) is 1. The Bertz CT molecular complexity index is 419. The molecule has 0 atom stereocenters. The van der Waals surface area contributed by atoms with Crippen LogP contribution in [0.1, 0.15) is 26.2 Å². The molecule has 6 nitrogen and oxygen atoms in total. The van der Waals surface area contributed by atoms with Crippen LogP contribution in [0.2, 0.25) is 0 Å². The van der Waals surface area contributed by atoms with Crippen molar-refractivity contribution in [3.8, 4) is 0 Å². The molecule has 1 N–H and O–H groups in total. The quantitative estimate of drug-likeness (QED) is 0.766. The van der Waals surface area contributed by atoms with Crippen LogP contribution in [0.5, 0.6) is 0 Å². The van der Waals surface area contributed by atoms with Crippen molar-refractivity contribution in [2.45, 2.75) is 26.2 Å². The number of nitrogens with zero attached hydrogens (tertiary/aromatic N) is 3. The Balaban J connectivity index is 1.67. The molecular formula is C15H24N4O2. The molecule has 1 fully saturated rings. The van der Waals surface area contributed by atoms with Crippen molar-refractivity contribution in [1.29, 1.82) is 0 Å². The van der Waals surface area contributed by atoms with Gasteiger partial charge in [0.1, 0.15) is 5.82 Å². The summed E-state index contributed by atoms with van der Waals surface area (Å²) in [5.41, 5.74) is 0. The van der Waals surface area contributed by atoms with E-state index >= 15 is 0 Å². The highest BCUT2D eigenvalue weighted by Gasteiger charge is 2.25. The first-order valence-corrected chi connectivity index (χ1v) is 7.67. The predicted molar refractivity (Wildman–Crippen MR) is 81.1 cm³/mol. The van der Waals surface area contributed by atoms with Crippen LogP contribution in [-0.4, -0.2) is 48.7 Å². The molecule has 0 saturated carbocycles. The fourth-order valence-electron chi connectivity index (χ4n) is 2.50. The van der Waals surface area contributed by atoms with Crippen molar-refractivity contribution in [2.24, 2.45) is 5.92 Å². The number of piperidine rings is 1. The highest BCUT2D eigenvalue weighted by Crippen LogP contribution is 2.21. The molecule has 1 amide bonds. The summed E-state index contributed by atoms with van der Waals surface area (Å²) in [7, 11) is 0. The lowest BCUT2D eigenvalue weighted by Crippen LogP contribution is -2.41. The van der Waals surface area contributed by atoms with Crippen LogP contribution >= 0.6 is 0 Å². The van der Waals surface area contributed by atoms with Crippen LogP contribution in [-0.2, 0) is 9.53 Å². The molecule has 0 spiro atoms. The lowest BCUT2D eigenvalue weighted by atomic mass is 9.96. The third-order valence-corrected chi connectivity index (χ3v) is 3.71. The van der Waals surface area contributed by atoms with Gasteiger partial charge in [0.15, 0.2) is 0 Å². The van der Waals surface area contributed by atoms with Crippen LogP contribution in [0, 0.1) is 5.92 Å². The van der Waals surface area contributed by atoms with E-state index in [0.29, 0.717) is 13.2 Å². The smallest absolute Gasteiger partial charge is 0.223 e. The molecule has 21 heavy (non-hydrogen) atoms. The molecule has 1 aromatic rings. The molecule has 1 aromatic heterocycles. The first-order chi connectivity index (χ1) is 10.3. The van der Waals surface area contributed by atoms with Gasteiger partial charge in [-0.1, -0.05) is 0 Å². The van der Waals surface area contributed by atoms with Crippen molar-refractivity contribution in [3.63, 3.8) is 0 Å². The molecule has 2 heterocycles. The molecule has 1 saturated heterocycles. The maximum Gasteiger partial charge on any atom is 0.223 e. The topological polar surface area (TPSA) is 67.3 Å². The summed E-state index contributed by atoms with van der Waals surface area (Å²) < 4.78 is 5.25. The molecule has 1 aliphatic rings. The zero-order chi connectivity index (χ0) is 14.9. The van der Waals surface area contributed by atoms with Gasteiger partial charge < -0.3 is 15.0 Å². The summed E-state index contributed by atoms with van der Waals surface area (Å²) >= 11 is 0. The normalized spacial score (nSPS) is 16.0. The summed E-state index contributed by atoms with van der Waals surface area (Å²) in [5.74, 6) is 1.18. The minimum atomic E-state index is 0.116. The summed E-state index contributed by atoms with van der Waals surface area (Å²) in [4.78, 5) is 22.6. The fraction of sp³-hybridized carbons (Fsp3) is 0.667. The minimum Gasteiger partial charge on any atom is -0.382 e. The molecule has 1 aliphatic heterocycles. The number of hydrogen-bond donors (Lipinski definition) is 1. The number of anilines is 1. The van der Waals surface area contributed by atoms with E-state index in [1.165, 1.54) is 0 Å². The molecule has 0 aliphatic carbocycles. The van der Waals surface area contributed by atoms with E-state index in [9.17, 15) is 4.79 Å². The second-order valence-corrected chi connectivity index (χ2v) is 5.17. The average Bonchev–Trinajstić information content (AvgIpc) is 2.55. The second-order valence-electron chi connectivity index (χ2n) is 5.17. The highest BCUT2D eigenvalue weighted by atomic mass is 16.5. The van der Waals surface area contributed by atoms with Crippen LogP contribution in [0.15, 0.2) is 18.6 Å². The van der Waals surface area contributed by atoms with Gasteiger partial charge in [0.2, 0.25) is 5.91 Å². The maximum atomic E-state index is 12.1. The van der Waals surface area contributed by atoms with Crippen molar-refractivity contribution < 1.29 is 9.53 Å². The summed E-state index contributed by atoms with van der Waals surface area (Å²) in [6, 6.07) is 0. The lowest BCUT2D eigenvalue weighted by Gasteiger charge is -2.31. The van der Waals surface area contributed by atoms with Gasteiger partial charge >= 0.3 is 0 Å². The number of carbonyl (C=O) groups excluding carboxylic acids is 1. The van der Waals surface area contributed by atoms with Crippen LogP contribution in [0.4, 0.5) is 5.82 Å². The van der Waals surface area contributed by atoms with Gasteiger partial charge in [-0.3, -0.25) is 9.78 Å².